The van der Waals surface area contributed by atoms with Crippen LogP contribution in [-0.4, -0.2) is 33.3 Å². The van der Waals surface area contributed by atoms with Crippen LogP contribution in [0.1, 0.15) is 11.6 Å². The number of hydrogen-bond acceptors (Lipinski definition) is 5. The number of carbonyl (C=O) groups excluding carboxylic acids is 1. The first kappa shape index (κ1) is 14.0. The van der Waals surface area contributed by atoms with Crippen molar-refractivity contribution in [2.24, 2.45) is 0 Å². The highest BCUT2D eigenvalue weighted by atomic mass is 32.1. The van der Waals surface area contributed by atoms with Crippen LogP contribution in [0.25, 0.3) is 10.1 Å². The summed E-state index contributed by atoms with van der Waals surface area (Å²) < 4.78 is 11.0. The van der Waals surface area contributed by atoms with Crippen molar-refractivity contribution in [1.82, 2.24) is 5.32 Å². The van der Waals surface area contributed by atoms with E-state index in [-0.39, 0.29) is 5.97 Å². The normalized spacial score (nSPS) is 12.5. The zero-order valence-electron chi connectivity index (χ0n) is 11.0. The molecular weight excluding hydrogens is 262 g/mol. The van der Waals surface area contributed by atoms with E-state index in [9.17, 15) is 4.79 Å². The predicted molar refractivity (Wildman–Crippen MR) is 76.5 cm³/mol. The number of rotatable bonds is 6. The van der Waals surface area contributed by atoms with Gasteiger partial charge in [0.1, 0.15) is 6.04 Å². The van der Waals surface area contributed by atoms with Crippen molar-refractivity contribution in [2.75, 3.05) is 27.4 Å². The van der Waals surface area contributed by atoms with Crippen molar-refractivity contribution >= 4 is 27.4 Å². The van der Waals surface area contributed by atoms with Crippen LogP contribution in [-0.2, 0) is 14.3 Å². The Kier molecular flexibility index (Phi) is 4.90. The van der Waals surface area contributed by atoms with E-state index in [0.29, 0.717) is 13.2 Å². The van der Waals surface area contributed by atoms with Gasteiger partial charge < -0.3 is 9.47 Å². The highest BCUT2D eigenvalue weighted by molar-refractivity contribution is 7.17. The molecule has 0 saturated carbocycles. The van der Waals surface area contributed by atoms with Gasteiger partial charge in [-0.05, 0) is 22.4 Å². The van der Waals surface area contributed by atoms with Crippen molar-refractivity contribution in [3.63, 3.8) is 0 Å². The van der Waals surface area contributed by atoms with Gasteiger partial charge in [-0.2, -0.15) is 0 Å². The quantitative estimate of drug-likeness (QED) is 0.651. The molecule has 5 heteroatoms. The SMILES string of the molecule is COCCNC(C(=O)OC)c1csc2ccccc12. The van der Waals surface area contributed by atoms with Crippen LogP contribution in [0.3, 0.4) is 0 Å². The van der Waals surface area contributed by atoms with Crippen LogP contribution in [0, 0.1) is 0 Å². The minimum Gasteiger partial charge on any atom is -0.468 e. The first-order valence-corrected chi connectivity index (χ1v) is 6.92. The van der Waals surface area contributed by atoms with Gasteiger partial charge in [0.15, 0.2) is 0 Å². The molecule has 1 N–H and O–H groups in total. The zero-order valence-corrected chi connectivity index (χ0v) is 11.8. The Morgan fingerprint density at radius 2 is 2.16 bits per heavy atom. The molecule has 1 unspecified atom stereocenters. The third-order valence-electron chi connectivity index (χ3n) is 2.91. The maximum absolute atomic E-state index is 11.9. The van der Waals surface area contributed by atoms with E-state index in [2.05, 4.69) is 5.32 Å². The van der Waals surface area contributed by atoms with Crippen molar-refractivity contribution in [3.05, 3.63) is 35.2 Å². The maximum atomic E-state index is 11.9. The lowest BCUT2D eigenvalue weighted by Crippen LogP contribution is -2.31. The van der Waals surface area contributed by atoms with Crippen molar-refractivity contribution in [3.8, 4) is 0 Å². The molecule has 1 heterocycles. The van der Waals surface area contributed by atoms with Gasteiger partial charge in [0, 0.05) is 18.4 Å². The summed E-state index contributed by atoms with van der Waals surface area (Å²) in [6, 6.07) is 7.59. The van der Waals surface area contributed by atoms with Crippen molar-refractivity contribution in [2.45, 2.75) is 6.04 Å². The molecule has 0 aliphatic carbocycles. The Hall–Kier alpha value is -1.43. The largest absolute Gasteiger partial charge is 0.468 e. The minimum absolute atomic E-state index is 0.278. The summed E-state index contributed by atoms with van der Waals surface area (Å²) >= 11 is 1.63. The van der Waals surface area contributed by atoms with E-state index in [0.717, 1.165) is 10.9 Å². The van der Waals surface area contributed by atoms with Crippen LogP contribution < -0.4 is 5.32 Å². The zero-order chi connectivity index (χ0) is 13.7. The van der Waals surface area contributed by atoms with Crippen molar-refractivity contribution in [1.29, 1.82) is 0 Å². The van der Waals surface area contributed by atoms with E-state index in [1.807, 2.05) is 29.6 Å². The number of nitrogens with one attached hydrogen (secondary N) is 1. The molecular formula is C14H17NO3S. The summed E-state index contributed by atoms with van der Waals surface area (Å²) in [5.41, 5.74) is 0.962. The molecule has 2 aromatic rings. The molecule has 1 aromatic carbocycles. The maximum Gasteiger partial charge on any atom is 0.327 e. The van der Waals surface area contributed by atoms with Gasteiger partial charge >= 0.3 is 5.97 Å². The summed E-state index contributed by atoms with van der Waals surface area (Å²) in [6.07, 6.45) is 0. The highest BCUT2D eigenvalue weighted by Gasteiger charge is 2.23. The molecule has 102 valence electrons. The van der Waals surface area contributed by atoms with Crippen LogP contribution >= 0.6 is 11.3 Å². The van der Waals surface area contributed by atoms with Gasteiger partial charge in [0.25, 0.3) is 0 Å². The Balaban J connectivity index is 2.29. The second-order valence-corrected chi connectivity index (χ2v) is 5.00. The molecule has 0 bridgehead atoms. The molecule has 0 spiro atoms. The highest BCUT2D eigenvalue weighted by Crippen LogP contribution is 2.30. The fourth-order valence-electron chi connectivity index (χ4n) is 1.97. The Labute approximate surface area is 116 Å². The minimum atomic E-state index is -0.448. The predicted octanol–water partition coefficient (Wildman–Crippen LogP) is 2.35. The molecule has 4 nitrogen and oxygen atoms in total. The molecule has 0 aliphatic heterocycles. The molecule has 0 saturated heterocycles. The molecule has 19 heavy (non-hydrogen) atoms. The van der Waals surface area contributed by atoms with Crippen molar-refractivity contribution < 1.29 is 14.3 Å². The standard InChI is InChI=1S/C14H17NO3S/c1-17-8-7-15-13(14(16)18-2)11-9-19-12-6-4-3-5-10(11)12/h3-6,9,13,15H,7-8H2,1-2H3. The lowest BCUT2D eigenvalue weighted by Gasteiger charge is -2.15. The van der Waals surface area contributed by atoms with Crippen LogP contribution in [0.4, 0.5) is 0 Å². The topological polar surface area (TPSA) is 47.6 Å². The van der Waals surface area contributed by atoms with E-state index >= 15 is 0 Å². The number of hydrogen-bond donors (Lipinski definition) is 1. The summed E-state index contributed by atoms with van der Waals surface area (Å²) in [5.74, 6) is -0.278. The van der Waals surface area contributed by atoms with E-state index in [1.165, 1.54) is 11.8 Å². The second-order valence-electron chi connectivity index (χ2n) is 4.09. The van der Waals surface area contributed by atoms with Gasteiger partial charge in [-0.15, -0.1) is 11.3 Å². The van der Waals surface area contributed by atoms with Crippen LogP contribution in [0.5, 0.6) is 0 Å². The lowest BCUT2D eigenvalue weighted by molar-refractivity contribution is -0.143. The number of benzene rings is 1. The first-order chi connectivity index (χ1) is 9.27. The third-order valence-corrected chi connectivity index (χ3v) is 3.90. The third kappa shape index (κ3) is 3.12. The summed E-state index contributed by atoms with van der Waals surface area (Å²) in [4.78, 5) is 11.9. The molecule has 0 radical (unpaired) electrons. The number of ether oxygens (including phenoxy) is 2. The van der Waals surface area contributed by atoms with Crippen LogP contribution in [0.2, 0.25) is 0 Å². The average Bonchev–Trinajstić information content (AvgIpc) is 2.87. The molecule has 0 amide bonds. The van der Waals surface area contributed by atoms with E-state index in [4.69, 9.17) is 9.47 Å². The lowest BCUT2D eigenvalue weighted by atomic mass is 10.1. The molecule has 0 fully saturated rings. The number of methoxy groups -OCH3 is 2. The molecule has 1 aromatic heterocycles. The smallest absolute Gasteiger partial charge is 0.327 e. The number of fused-ring (bicyclic) bond motifs is 1. The molecule has 1 atom stereocenters. The fourth-order valence-corrected chi connectivity index (χ4v) is 2.95. The summed E-state index contributed by atoms with van der Waals surface area (Å²) in [5, 5.41) is 6.27. The van der Waals surface area contributed by atoms with E-state index in [1.54, 1.807) is 18.4 Å². The Bertz CT molecular complexity index is 552. The summed E-state index contributed by atoms with van der Waals surface area (Å²) in [7, 11) is 3.04. The average molecular weight is 279 g/mol. The Morgan fingerprint density at radius 3 is 2.89 bits per heavy atom. The molecule has 2 rings (SSSR count). The number of carbonyl (C=O) groups is 1. The van der Waals surface area contributed by atoms with Crippen LogP contribution in [0.15, 0.2) is 29.6 Å². The second kappa shape index (κ2) is 6.65. The molecule has 0 aliphatic rings. The Morgan fingerprint density at radius 1 is 1.37 bits per heavy atom. The van der Waals surface area contributed by atoms with Gasteiger partial charge in [0.05, 0.1) is 13.7 Å². The first-order valence-electron chi connectivity index (χ1n) is 6.04. The fraction of sp³-hybridized carbons (Fsp3) is 0.357. The van der Waals surface area contributed by atoms with Gasteiger partial charge in [-0.3, -0.25) is 5.32 Å². The summed E-state index contributed by atoms with van der Waals surface area (Å²) in [6.45, 7) is 1.15. The number of thiophene rings is 1. The monoisotopic (exact) mass is 279 g/mol. The van der Waals surface area contributed by atoms with Gasteiger partial charge in [0.2, 0.25) is 0 Å². The van der Waals surface area contributed by atoms with Gasteiger partial charge in [-0.1, -0.05) is 18.2 Å². The number of esters is 1. The van der Waals surface area contributed by atoms with E-state index < -0.39 is 6.04 Å². The van der Waals surface area contributed by atoms with Gasteiger partial charge in [-0.25, -0.2) is 4.79 Å².